The Kier molecular flexibility index (Phi) is 4.65. The largest absolute Gasteiger partial charge is 0.329 e. The van der Waals surface area contributed by atoms with Crippen molar-refractivity contribution in [2.24, 2.45) is 0 Å². The molecule has 2 aromatic carbocycles. The van der Waals surface area contributed by atoms with Crippen molar-refractivity contribution in [1.82, 2.24) is 5.32 Å². The molecule has 4 rings (SSSR count). The topological polar surface area (TPSA) is 46.2 Å². The second-order valence-corrected chi connectivity index (χ2v) is 7.38. The third-order valence-corrected chi connectivity index (χ3v) is 5.65. The molecule has 0 spiro atoms. The molecule has 27 heavy (non-hydrogen) atoms. The number of carbonyl (C=O) groups excluding carboxylic acids is 2. The van der Waals surface area contributed by atoms with Gasteiger partial charge in [-0.05, 0) is 47.6 Å². The normalized spacial score (nSPS) is 22.4. The van der Waals surface area contributed by atoms with E-state index >= 15 is 0 Å². The van der Waals surface area contributed by atoms with Gasteiger partial charge in [0, 0.05) is 30.0 Å². The summed E-state index contributed by atoms with van der Waals surface area (Å²) in [6.07, 6.45) is 2.21. The van der Waals surface area contributed by atoms with Gasteiger partial charge >= 0.3 is 0 Å². The Balaban J connectivity index is 1.68. The Morgan fingerprint density at radius 3 is 2.48 bits per heavy atom. The van der Waals surface area contributed by atoms with Crippen LogP contribution < -0.4 is 5.32 Å². The number of carbonyl (C=O) groups is 2. The zero-order chi connectivity index (χ0) is 19.0. The monoisotopic (exact) mass is 363 g/mol. The molecule has 1 heterocycles. The van der Waals surface area contributed by atoms with Crippen LogP contribution in [0.5, 0.6) is 0 Å². The Labute approximate surface area is 158 Å². The minimum atomic E-state index is -0.361. The van der Waals surface area contributed by atoms with Crippen LogP contribution in [0.4, 0.5) is 4.39 Å². The smallest absolute Gasteiger partial charge is 0.225 e. The van der Waals surface area contributed by atoms with Gasteiger partial charge in [0.1, 0.15) is 5.82 Å². The molecule has 1 amide bonds. The highest BCUT2D eigenvalue weighted by molar-refractivity contribution is 6.02. The minimum Gasteiger partial charge on any atom is -0.329 e. The van der Waals surface area contributed by atoms with Crippen molar-refractivity contribution < 1.29 is 14.0 Å². The van der Waals surface area contributed by atoms with E-state index in [1.807, 2.05) is 0 Å². The van der Waals surface area contributed by atoms with Gasteiger partial charge in [0.2, 0.25) is 5.91 Å². The average molecular weight is 363 g/mol. The molecule has 2 atom stereocenters. The summed E-state index contributed by atoms with van der Waals surface area (Å²) in [4.78, 5) is 25.3. The average Bonchev–Trinajstić information content (AvgIpc) is 2.67. The quantitative estimate of drug-likeness (QED) is 0.879. The van der Waals surface area contributed by atoms with Gasteiger partial charge in [-0.1, -0.05) is 43.3 Å². The first-order chi connectivity index (χ1) is 13.0. The molecule has 0 bridgehead atoms. The summed E-state index contributed by atoms with van der Waals surface area (Å²) in [6, 6.07) is 14.6. The van der Waals surface area contributed by atoms with E-state index in [0.717, 1.165) is 12.0 Å². The molecule has 0 saturated carbocycles. The van der Waals surface area contributed by atoms with Crippen LogP contribution in [0.3, 0.4) is 0 Å². The van der Waals surface area contributed by atoms with Gasteiger partial charge in [0.05, 0.1) is 0 Å². The van der Waals surface area contributed by atoms with Crippen molar-refractivity contribution in [2.75, 3.05) is 0 Å². The number of rotatable bonds is 3. The first-order valence-corrected chi connectivity index (χ1v) is 9.45. The second-order valence-electron chi connectivity index (χ2n) is 7.38. The van der Waals surface area contributed by atoms with Crippen LogP contribution in [0.15, 0.2) is 59.8 Å². The Bertz CT molecular complexity index is 930. The van der Waals surface area contributed by atoms with Gasteiger partial charge in [-0.15, -0.1) is 0 Å². The van der Waals surface area contributed by atoms with E-state index in [1.165, 1.54) is 17.7 Å². The third-order valence-electron chi connectivity index (χ3n) is 5.65. The lowest BCUT2D eigenvalue weighted by molar-refractivity contribution is -0.122. The highest BCUT2D eigenvalue weighted by Crippen LogP contribution is 2.42. The van der Waals surface area contributed by atoms with Crippen LogP contribution in [0.25, 0.3) is 0 Å². The fourth-order valence-corrected chi connectivity index (χ4v) is 4.23. The van der Waals surface area contributed by atoms with E-state index in [-0.39, 0.29) is 35.8 Å². The number of hydrogen-bond donors (Lipinski definition) is 1. The van der Waals surface area contributed by atoms with Crippen molar-refractivity contribution in [3.05, 3.63) is 82.3 Å². The van der Waals surface area contributed by atoms with Crippen molar-refractivity contribution >= 4 is 11.7 Å². The maximum atomic E-state index is 13.7. The van der Waals surface area contributed by atoms with Crippen LogP contribution in [-0.4, -0.2) is 11.7 Å². The van der Waals surface area contributed by atoms with Gasteiger partial charge in [-0.3, -0.25) is 9.59 Å². The zero-order valence-corrected chi connectivity index (χ0v) is 15.3. The maximum Gasteiger partial charge on any atom is 0.225 e. The number of allylic oxidation sites excluding steroid dienone is 2. The van der Waals surface area contributed by atoms with E-state index in [4.69, 9.17) is 0 Å². The summed E-state index contributed by atoms with van der Waals surface area (Å²) in [5.74, 6) is -0.709. The lowest BCUT2D eigenvalue weighted by atomic mass is 9.73. The minimum absolute atomic E-state index is 0.0510. The third kappa shape index (κ3) is 3.44. The van der Waals surface area contributed by atoms with E-state index < -0.39 is 0 Å². The fourth-order valence-electron chi connectivity index (χ4n) is 4.23. The number of aryl methyl sites for hydroxylation is 1. The highest BCUT2D eigenvalue weighted by Gasteiger charge is 2.38. The molecule has 4 heteroatoms. The molecular formula is C23H22FNO2. The molecule has 138 valence electrons. The first-order valence-electron chi connectivity index (χ1n) is 9.45. The van der Waals surface area contributed by atoms with Crippen molar-refractivity contribution in [3.8, 4) is 0 Å². The Morgan fingerprint density at radius 2 is 1.78 bits per heavy atom. The summed E-state index contributed by atoms with van der Waals surface area (Å²) >= 11 is 0. The van der Waals surface area contributed by atoms with Crippen molar-refractivity contribution in [2.45, 2.75) is 44.4 Å². The summed E-state index contributed by atoms with van der Waals surface area (Å²) in [5.41, 5.74) is 4.44. The lowest BCUT2D eigenvalue weighted by Gasteiger charge is -2.34. The molecule has 1 aliphatic carbocycles. The molecule has 3 nitrogen and oxygen atoms in total. The Morgan fingerprint density at radius 1 is 1.00 bits per heavy atom. The molecule has 0 aromatic heterocycles. The van der Waals surface area contributed by atoms with Crippen LogP contribution >= 0.6 is 0 Å². The van der Waals surface area contributed by atoms with E-state index in [1.54, 1.807) is 12.1 Å². The standard InChI is InChI=1S/C23H22FNO2/c1-2-14-6-8-15(9-7-14)17-11-20-23(21(26)12-17)19(13-22(27)25-20)16-4-3-5-18(24)10-16/h3-10,17,19H,2,11-13H2,1H3,(H,25,27). The van der Waals surface area contributed by atoms with Crippen molar-refractivity contribution in [3.63, 3.8) is 0 Å². The molecule has 2 unspecified atom stereocenters. The van der Waals surface area contributed by atoms with E-state index in [2.05, 4.69) is 36.5 Å². The van der Waals surface area contributed by atoms with Gasteiger partial charge in [0.15, 0.2) is 5.78 Å². The second kappa shape index (κ2) is 7.10. The highest BCUT2D eigenvalue weighted by atomic mass is 19.1. The first kappa shape index (κ1) is 17.7. The molecule has 0 saturated heterocycles. The van der Waals surface area contributed by atoms with Crippen LogP contribution in [0, 0.1) is 5.82 Å². The molecule has 2 aliphatic rings. The van der Waals surface area contributed by atoms with Crippen LogP contribution in [0.2, 0.25) is 0 Å². The van der Waals surface area contributed by atoms with Gasteiger partial charge < -0.3 is 5.32 Å². The predicted molar refractivity (Wildman–Crippen MR) is 102 cm³/mol. The van der Waals surface area contributed by atoms with Gasteiger partial charge in [0.25, 0.3) is 0 Å². The molecule has 2 aromatic rings. The molecule has 0 fully saturated rings. The summed E-state index contributed by atoms with van der Waals surface area (Å²) in [7, 11) is 0. The lowest BCUT2D eigenvalue weighted by Crippen LogP contribution is -2.38. The van der Waals surface area contributed by atoms with Gasteiger partial charge in [-0.25, -0.2) is 4.39 Å². The number of hydrogen-bond acceptors (Lipinski definition) is 2. The molecule has 0 radical (unpaired) electrons. The summed E-state index contributed by atoms with van der Waals surface area (Å²) in [5, 5.41) is 2.91. The number of halogens is 1. The number of amides is 1. The molecule has 1 N–H and O–H groups in total. The maximum absolute atomic E-state index is 13.7. The number of Topliss-reactive ketones (excluding diaryl/α,β-unsaturated/α-hetero) is 1. The van der Waals surface area contributed by atoms with Gasteiger partial charge in [-0.2, -0.15) is 0 Å². The van der Waals surface area contributed by atoms with Crippen LogP contribution in [-0.2, 0) is 16.0 Å². The number of ketones is 1. The summed E-state index contributed by atoms with van der Waals surface area (Å²) in [6.45, 7) is 2.11. The van der Waals surface area contributed by atoms with E-state index in [0.29, 0.717) is 29.7 Å². The zero-order valence-electron chi connectivity index (χ0n) is 15.3. The molecular weight excluding hydrogens is 341 g/mol. The SMILES string of the molecule is CCc1ccc(C2CC(=O)C3=C(C2)NC(=O)CC3c2cccc(F)c2)cc1. The summed E-state index contributed by atoms with van der Waals surface area (Å²) < 4.78 is 13.7. The fraction of sp³-hybridized carbons (Fsp3) is 0.304. The Hall–Kier alpha value is -2.75. The van der Waals surface area contributed by atoms with Crippen LogP contribution in [0.1, 0.15) is 54.7 Å². The number of nitrogens with one attached hydrogen (secondary N) is 1. The number of benzene rings is 2. The predicted octanol–water partition coefficient (Wildman–Crippen LogP) is 4.39. The molecule has 1 aliphatic heterocycles. The van der Waals surface area contributed by atoms with Crippen molar-refractivity contribution in [1.29, 1.82) is 0 Å². The van der Waals surface area contributed by atoms with E-state index in [9.17, 15) is 14.0 Å².